The van der Waals surface area contributed by atoms with E-state index >= 15 is 0 Å². The van der Waals surface area contributed by atoms with Crippen LogP contribution in [-0.2, 0) is 16.4 Å². The topological polar surface area (TPSA) is 75.3 Å². The summed E-state index contributed by atoms with van der Waals surface area (Å²) < 4.78 is 28.2. The third kappa shape index (κ3) is 4.94. The second-order valence-corrected chi connectivity index (χ2v) is 10.7. The second kappa shape index (κ2) is 8.34. The van der Waals surface area contributed by atoms with Crippen molar-refractivity contribution >= 4 is 60.2 Å². The number of amides is 1. The maximum atomic E-state index is 12.2. The van der Waals surface area contributed by atoms with Gasteiger partial charge in [0.05, 0.1) is 3.79 Å². The quantitative estimate of drug-likeness (QED) is 0.538. The van der Waals surface area contributed by atoms with Crippen molar-refractivity contribution in [3.8, 4) is 0 Å². The van der Waals surface area contributed by atoms with E-state index in [0.29, 0.717) is 17.8 Å². The summed E-state index contributed by atoms with van der Waals surface area (Å²) >= 11 is 6.20. The van der Waals surface area contributed by atoms with Gasteiger partial charge in [0.1, 0.15) is 4.21 Å². The Morgan fingerprint density at radius 3 is 2.46 bits per heavy atom. The summed E-state index contributed by atoms with van der Waals surface area (Å²) in [6.07, 6.45) is 0.765. The molecule has 2 aromatic heterocycles. The van der Waals surface area contributed by atoms with Crippen molar-refractivity contribution in [3.63, 3.8) is 0 Å². The summed E-state index contributed by atoms with van der Waals surface area (Å²) in [4.78, 5) is 13.4. The molecular weight excluding hydrogens is 456 g/mol. The number of carbonyl (C=O) groups is 1. The Hall–Kier alpha value is -1.68. The van der Waals surface area contributed by atoms with Crippen LogP contribution in [0.4, 0.5) is 5.69 Å². The van der Waals surface area contributed by atoms with Crippen molar-refractivity contribution in [1.29, 1.82) is 0 Å². The van der Waals surface area contributed by atoms with Crippen molar-refractivity contribution in [1.82, 2.24) is 5.32 Å². The lowest BCUT2D eigenvalue weighted by Crippen LogP contribution is -2.25. The Kier molecular flexibility index (Phi) is 6.13. The average Bonchev–Trinajstić information content (AvgIpc) is 3.27. The number of nitrogens with one attached hydrogen (secondary N) is 2. The number of halogens is 1. The molecule has 0 aliphatic heterocycles. The van der Waals surface area contributed by atoms with Gasteiger partial charge in [0.25, 0.3) is 15.9 Å². The first-order valence-corrected chi connectivity index (χ1v) is 11.6. The summed E-state index contributed by atoms with van der Waals surface area (Å²) in [5.41, 5.74) is 0.898. The van der Waals surface area contributed by atoms with Gasteiger partial charge in [0, 0.05) is 22.7 Å². The molecule has 0 aliphatic rings. The van der Waals surface area contributed by atoms with Crippen LogP contribution in [0.1, 0.15) is 15.2 Å². The molecule has 0 radical (unpaired) electrons. The van der Waals surface area contributed by atoms with Gasteiger partial charge in [-0.05, 0) is 70.2 Å². The molecule has 1 aromatic carbocycles. The molecule has 0 saturated carbocycles. The van der Waals surface area contributed by atoms with Gasteiger partial charge >= 0.3 is 0 Å². The average molecular weight is 471 g/mol. The maximum Gasteiger partial charge on any atom is 0.271 e. The van der Waals surface area contributed by atoms with Crippen molar-refractivity contribution in [2.45, 2.75) is 10.6 Å². The third-order valence-electron chi connectivity index (χ3n) is 3.45. The smallest absolute Gasteiger partial charge is 0.271 e. The van der Waals surface area contributed by atoms with Crippen LogP contribution in [0.5, 0.6) is 0 Å². The van der Waals surface area contributed by atoms with Gasteiger partial charge in [-0.1, -0.05) is 6.07 Å². The number of carbonyl (C=O) groups excluding carboxylic acids is 1. The van der Waals surface area contributed by atoms with Crippen LogP contribution in [0.25, 0.3) is 0 Å². The fraction of sp³-hybridized carbons (Fsp3) is 0.118. The molecule has 136 valence electrons. The molecule has 2 N–H and O–H groups in total. The van der Waals surface area contributed by atoms with Crippen molar-refractivity contribution < 1.29 is 13.2 Å². The summed E-state index contributed by atoms with van der Waals surface area (Å²) in [5, 5.41) is 4.57. The predicted octanol–water partition coefficient (Wildman–Crippen LogP) is 4.35. The zero-order valence-corrected chi connectivity index (χ0v) is 17.5. The number of hydrogen-bond acceptors (Lipinski definition) is 5. The molecule has 2 heterocycles. The number of anilines is 1. The zero-order valence-electron chi connectivity index (χ0n) is 13.4. The van der Waals surface area contributed by atoms with E-state index < -0.39 is 10.0 Å². The van der Waals surface area contributed by atoms with Gasteiger partial charge in [-0.15, -0.1) is 22.7 Å². The van der Waals surface area contributed by atoms with E-state index in [1.165, 1.54) is 4.88 Å². The van der Waals surface area contributed by atoms with Crippen molar-refractivity contribution in [3.05, 3.63) is 68.1 Å². The van der Waals surface area contributed by atoms with Gasteiger partial charge in [-0.2, -0.15) is 0 Å². The van der Waals surface area contributed by atoms with Gasteiger partial charge in [0.2, 0.25) is 0 Å². The minimum atomic E-state index is -3.58. The fourth-order valence-corrected chi connectivity index (χ4v) is 5.73. The van der Waals surface area contributed by atoms with Crippen LogP contribution in [0.2, 0.25) is 0 Å². The number of hydrogen-bond donors (Lipinski definition) is 2. The number of sulfonamides is 1. The Morgan fingerprint density at radius 2 is 1.85 bits per heavy atom. The highest BCUT2D eigenvalue weighted by Gasteiger charge is 2.15. The number of rotatable bonds is 7. The first-order valence-electron chi connectivity index (χ1n) is 7.63. The molecule has 0 aliphatic carbocycles. The predicted molar refractivity (Wildman–Crippen MR) is 110 cm³/mol. The normalized spacial score (nSPS) is 11.3. The number of benzene rings is 1. The van der Waals surface area contributed by atoms with Crippen LogP contribution < -0.4 is 10.0 Å². The van der Waals surface area contributed by atoms with Crippen molar-refractivity contribution in [2.24, 2.45) is 0 Å². The number of thiophene rings is 2. The lowest BCUT2D eigenvalue weighted by molar-refractivity contribution is 0.0954. The first-order chi connectivity index (χ1) is 12.4. The van der Waals surface area contributed by atoms with Crippen LogP contribution >= 0.6 is 38.6 Å². The molecule has 9 heteroatoms. The van der Waals surface area contributed by atoms with Gasteiger partial charge in [-0.3, -0.25) is 9.52 Å². The molecule has 3 rings (SSSR count). The van der Waals surface area contributed by atoms with Crippen LogP contribution in [0.15, 0.2) is 61.9 Å². The Labute approximate surface area is 168 Å². The molecule has 0 fully saturated rings. The van der Waals surface area contributed by atoms with Gasteiger partial charge in [0.15, 0.2) is 0 Å². The Balaban J connectivity index is 1.56. The Bertz CT molecular complexity index is 981. The molecule has 0 atom stereocenters. The van der Waals surface area contributed by atoms with Crippen molar-refractivity contribution in [2.75, 3.05) is 11.3 Å². The molecule has 0 bridgehead atoms. The molecule has 26 heavy (non-hydrogen) atoms. The Morgan fingerprint density at radius 1 is 1.08 bits per heavy atom. The van der Waals surface area contributed by atoms with E-state index in [-0.39, 0.29) is 10.1 Å². The molecule has 0 spiro atoms. The lowest BCUT2D eigenvalue weighted by atomic mass is 10.2. The van der Waals surface area contributed by atoms with E-state index in [0.717, 1.165) is 21.5 Å². The third-order valence-corrected chi connectivity index (χ3v) is 7.91. The van der Waals surface area contributed by atoms with E-state index in [1.54, 1.807) is 53.1 Å². The maximum absolute atomic E-state index is 12.2. The summed E-state index contributed by atoms with van der Waals surface area (Å²) in [6.45, 7) is 0.540. The molecular formula is C17H15BrN2O3S3. The minimum absolute atomic E-state index is 0.187. The highest BCUT2D eigenvalue weighted by Crippen LogP contribution is 2.22. The molecule has 1 amide bonds. The van der Waals surface area contributed by atoms with E-state index in [1.807, 2.05) is 12.1 Å². The highest BCUT2D eigenvalue weighted by molar-refractivity contribution is 9.11. The first kappa shape index (κ1) is 19.1. The van der Waals surface area contributed by atoms with Gasteiger partial charge < -0.3 is 5.32 Å². The molecule has 0 unspecified atom stereocenters. The summed E-state index contributed by atoms with van der Waals surface area (Å²) in [7, 11) is -3.58. The van der Waals surface area contributed by atoms with E-state index in [9.17, 15) is 13.2 Å². The molecule has 5 nitrogen and oxygen atoms in total. The van der Waals surface area contributed by atoms with E-state index in [2.05, 4.69) is 26.0 Å². The SMILES string of the molecule is O=C(NCCc1ccc(Br)s1)c1ccc(NS(=O)(=O)c2cccs2)cc1. The van der Waals surface area contributed by atoms with Gasteiger partial charge in [-0.25, -0.2) is 8.42 Å². The fourth-order valence-electron chi connectivity index (χ4n) is 2.20. The summed E-state index contributed by atoms with van der Waals surface area (Å²) in [6, 6.07) is 13.6. The van der Waals surface area contributed by atoms with Crippen LogP contribution in [0, 0.1) is 0 Å². The molecule has 0 saturated heterocycles. The monoisotopic (exact) mass is 470 g/mol. The highest BCUT2D eigenvalue weighted by atomic mass is 79.9. The van der Waals surface area contributed by atoms with Crippen LogP contribution in [-0.4, -0.2) is 20.9 Å². The standard InChI is InChI=1S/C17H15BrN2O3S3/c18-15-8-7-14(25-15)9-10-19-17(21)12-3-5-13(6-4-12)20-26(22,23)16-2-1-11-24-16/h1-8,11,20H,9-10H2,(H,19,21). The zero-order chi connectivity index (χ0) is 18.6. The molecule has 3 aromatic rings. The van der Waals surface area contributed by atoms with E-state index in [4.69, 9.17) is 0 Å². The largest absolute Gasteiger partial charge is 0.352 e. The second-order valence-electron chi connectivity index (χ2n) is 5.33. The lowest BCUT2D eigenvalue weighted by Gasteiger charge is -2.08. The van der Waals surface area contributed by atoms with Crippen LogP contribution in [0.3, 0.4) is 0 Å². The minimum Gasteiger partial charge on any atom is -0.352 e. The summed E-state index contributed by atoms with van der Waals surface area (Å²) in [5.74, 6) is -0.187.